The third-order valence-corrected chi connectivity index (χ3v) is 4.71. The Kier molecular flexibility index (Phi) is 4.53. The van der Waals surface area contributed by atoms with Gasteiger partial charge in [-0.25, -0.2) is 4.98 Å². The van der Waals surface area contributed by atoms with Gasteiger partial charge >= 0.3 is 0 Å². The van der Waals surface area contributed by atoms with Gasteiger partial charge in [0.15, 0.2) is 0 Å². The summed E-state index contributed by atoms with van der Waals surface area (Å²) in [5.41, 5.74) is 0. The first-order valence-electron chi connectivity index (χ1n) is 7.92. The third-order valence-electron chi connectivity index (χ3n) is 4.71. The van der Waals surface area contributed by atoms with Gasteiger partial charge in [0, 0.05) is 31.4 Å². The highest BCUT2D eigenvalue weighted by atomic mass is 16.3. The minimum atomic E-state index is -0.107. The number of nitrogens with zero attached hydrogens (tertiary/aromatic N) is 2. The van der Waals surface area contributed by atoms with Gasteiger partial charge < -0.3 is 10.4 Å². The SMILES string of the molecule is OC1CCCCC1N1CCC(Nc2ccccn2)CC1. The van der Waals surface area contributed by atoms with Crippen molar-refractivity contribution in [2.45, 2.75) is 56.7 Å². The smallest absolute Gasteiger partial charge is 0.126 e. The Hall–Kier alpha value is -1.13. The van der Waals surface area contributed by atoms with Gasteiger partial charge in [-0.1, -0.05) is 18.9 Å². The minimum Gasteiger partial charge on any atom is -0.391 e. The average Bonchev–Trinajstić information content (AvgIpc) is 2.50. The van der Waals surface area contributed by atoms with Crippen LogP contribution in [0.1, 0.15) is 38.5 Å². The summed E-state index contributed by atoms with van der Waals surface area (Å²) in [7, 11) is 0. The third kappa shape index (κ3) is 3.30. The van der Waals surface area contributed by atoms with Crippen molar-refractivity contribution in [1.82, 2.24) is 9.88 Å². The van der Waals surface area contributed by atoms with Crippen LogP contribution in [0.4, 0.5) is 5.82 Å². The summed E-state index contributed by atoms with van der Waals surface area (Å²) in [6.45, 7) is 2.18. The predicted molar refractivity (Wildman–Crippen MR) is 80.7 cm³/mol. The lowest BCUT2D eigenvalue weighted by Gasteiger charge is -2.41. The highest BCUT2D eigenvalue weighted by Crippen LogP contribution is 2.26. The van der Waals surface area contributed by atoms with Gasteiger partial charge in [-0.3, -0.25) is 4.90 Å². The van der Waals surface area contributed by atoms with Crippen LogP contribution in [0.2, 0.25) is 0 Å². The molecule has 2 heterocycles. The van der Waals surface area contributed by atoms with Crippen LogP contribution in [0, 0.1) is 0 Å². The molecule has 4 nitrogen and oxygen atoms in total. The van der Waals surface area contributed by atoms with E-state index >= 15 is 0 Å². The molecule has 1 aliphatic carbocycles. The molecule has 0 spiro atoms. The summed E-state index contributed by atoms with van der Waals surface area (Å²) in [6.07, 6.45) is 8.61. The summed E-state index contributed by atoms with van der Waals surface area (Å²) < 4.78 is 0. The topological polar surface area (TPSA) is 48.4 Å². The molecule has 0 amide bonds. The molecule has 4 heteroatoms. The Labute approximate surface area is 121 Å². The molecule has 2 atom stereocenters. The quantitative estimate of drug-likeness (QED) is 0.888. The number of piperidine rings is 1. The molecule has 1 aliphatic heterocycles. The molecule has 1 aromatic rings. The van der Waals surface area contributed by atoms with Crippen molar-refractivity contribution < 1.29 is 5.11 Å². The van der Waals surface area contributed by atoms with Gasteiger partial charge in [0.2, 0.25) is 0 Å². The van der Waals surface area contributed by atoms with E-state index in [1.54, 1.807) is 0 Å². The van der Waals surface area contributed by atoms with E-state index in [-0.39, 0.29) is 6.10 Å². The first-order valence-corrected chi connectivity index (χ1v) is 7.92. The number of likely N-dealkylation sites (tertiary alicyclic amines) is 1. The van der Waals surface area contributed by atoms with Crippen LogP contribution >= 0.6 is 0 Å². The molecule has 0 aromatic carbocycles. The van der Waals surface area contributed by atoms with E-state index in [9.17, 15) is 5.11 Å². The summed E-state index contributed by atoms with van der Waals surface area (Å²) in [6, 6.07) is 6.90. The summed E-state index contributed by atoms with van der Waals surface area (Å²) in [4.78, 5) is 6.83. The largest absolute Gasteiger partial charge is 0.391 e. The Morgan fingerprint density at radius 1 is 1.10 bits per heavy atom. The van der Waals surface area contributed by atoms with E-state index in [0.717, 1.165) is 38.2 Å². The number of aromatic nitrogens is 1. The van der Waals surface area contributed by atoms with E-state index in [1.807, 2.05) is 24.4 Å². The molecule has 1 saturated carbocycles. The minimum absolute atomic E-state index is 0.107. The fraction of sp³-hybridized carbons (Fsp3) is 0.688. The Bertz CT molecular complexity index is 403. The van der Waals surface area contributed by atoms with Gasteiger partial charge in [0.1, 0.15) is 5.82 Å². The number of aliphatic hydroxyl groups is 1. The maximum absolute atomic E-state index is 10.2. The number of rotatable bonds is 3. The molecular weight excluding hydrogens is 250 g/mol. The maximum atomic E-state index is 10.2. The molecule has 2 aliphatic rings. The van der Waals surface area contributed by atoms with Crippen molar-refractivity contribution in [3.8, 4) is 0 Å². The molecule has 1 saturated heterocycles. The normalized spacial score (nSPS) is 29.2. The molecule has 2 fully saturated rings. The molecule has 2 unspecified atom stereocenters. The van der Waals surface area contributed by atoms with E-state index in [1.165, 1.54) is 19.3 Å². The van der Waals surface area contributed by atoms with Gasteiger partial charge in [0.25, 0.3) is 0 Å². The van der Waals surface area contributed by atoms with E-state index in [2.05, 4.69) is 15.2 Å². The molecule has 2 N–H and O–H groups in total. The van der Waals surface area contributed by atoms with E-state index in [4.69, 9.17) is 0 Å². The molecular formula is C16H25N3O. The van der Waals surface area contributed by atoms with Gasteiger partial charge in [-0.05, 0) is 37.8 Å². The Morgan fingerprint density at radius 3 is 2.60 bits per heavy atom. The zero-order chi connectivity index (χ0) is 13.8. The summed E-state index contributed by atoms with van der Waals surface area (Å²) >= 11 is 0. The van der Waals surface area contributed by atoms with Crippen molar-refractivity contribution in [2.24, 2.45) is 0 Å². The van der Waals surface area contributed by atoms with Crippen LogP contribution in [-0.4, -0.2) is 46.3 Å². The highest BCUT2D eigenvalue weighted by Gasteiger charge is 2.31. The lowest BCUT2D eigenvalue weighted by Crippen LogP contribution is -2.50. The van der Waals surface area contributed by atoms with Gasteiger partial charge in [-0.15, -0.1) is 0 Å². The average molecular weight is 275 g/mol. The van der Waals surface area contributed by atoms with Gasteiger partial charge in [0.05, 0.1) is 6.10 Å². The number of anilines is 1. The fourth-order valence-corrected chi connectivity index (χ4v) is 3.55. The molecule has 0 bridgehead atoms. The van der Waals surface area contributed by atoms with Crippen molar-refractivity contribution in [3.63, 3.8) is 0 Å². The second kappa shape index (κ2) is 6.55. The fourth-order valence-electron chi connectivity index (χ4n) is 3.55. The molecule has 0 radical (unpaired) electrons. The monoisotopic (exact) mass is 275 g/mol. The number of hydrogen-bond donors (Lipinski definition) is 2. The molecule has 20 heavy (non-hydrogen) atoms. The first kappa shape index (κ1) is 13.8. The summed E-state index contributed by atoms with van der Waals surface area (Å²) in [5.74, 6) is 0.976. The van der Waals surface area contributed by atoms with Crippen molar-refractivity contribution in [3.05, 3.63) is 24.4 Å². The van der Waals surface area contributed by atoms with Crippen LogP contribution in [0.15, 0.2) is 24.4 Å². The zero-order valence-corrected chi connectivity index (χ0v) is 12.0. The molecule has 1 aromatic heterocycles. The molecule has 3 rings (SSSR count). The maximum Gasteiger partial charge on any atom is 0.126 e. The van der Waals surface area contributed by atoms with Crippen LogP contribution < -0.4 is 5.32 Å². The van der Waals surface area contributed by atoms with Crippen molar-refractivity contribution >= 4 is 5.82 Å². The second-order valence-electron chi connectivity index (χ2n) is 6.09. The van der Waals surface area contributed by atoms with Crippen molar-refractivity contribution in [1.29, 1.82) is 0 Å². The van der Waals surface area contributed by atoms with Crippen LogP contribution in [0.5, 0.6) is 0 Å². The van der Waals surface area contributed by atoms with Crippen molar-refractivity contribution in [2.75, 3.05) is 18.4 Å². The Balaban J connectivity index is 1.49. The number of aliphatic hydroxyl groups excluding tert-OH is 1. The van der Waals surface area contributed by atoms with Crippen LogP contribution in [0.25, 0.3) is 0 Å². The second-order valence-corrected chi connectivity index (χ2v) is 6.09. The van der Waals surface area contributed by atoms with Crippen LogP contribution in [-0.2, 0) is 0 Å². The first-order chi connectivity index (χ1) is 9.83. The van der Waals surface area contributed by atoms with E-state index in [0.29, 0.717) is 12.1 Å². The number of hydrogen-bond acceptors (Lipinski definition) is 4. The highest BCUT2D eigenvalue weighted by molar-refractivity contribution is 5.34. The Morgan fingerprint density at radius 2 is 1.90 bits per heavy atom. The molecule has 110 valence electrons. The van der Waals surface area contributed by atoms with Gasteiger partial charge in [-0.2, -0.15) is 0 Å². The summed E-state index contributed by atoms with van der Waals surface area (Å²) in [5, 5.41) is 13.7. The number of pyridine rings is 1. The predicted octanol–water partition coefficient (Wildman–Crippen LogP) is 2.26. The zero-order valence-electron chi connectivity index (χ0n) is 12.0. The van der Waals surface area contributed by atoms with E-state index < -0.39 is 0 Å². The lowest BCUT2D eigenvalue weighted by molar-refractivity contribution is 0.00992. The number of nitrogens with one attached hydrogen (secondary N) is 1. The lowest BCUT2D eigenvalue weighted by atomic mass is 9.89. The standard InChI is InChI=1S/C16H25N3O/c20-15-6-2-1-5-14(15)19-11-8-13(9-12-19)18-16-7-3-4-10-17-16/h3-4,7,10,13-15,20H,1-2,5-6,8-9,11-12H2,(H,17,18). The van der Waals surface area contributed by atoms with Crippen LogP contribution in [0.3, 0.4) is 0 Å².